The Morgan fingerprint density at radius 2 is 2.17 bits per heavy atom. The molecule has 0 radical (unpaired) electrons. The summed E-state index contributed by atoms with van der Waals surface area (Å²) in [5.74, 6) is 0.859. The number of thiol groups is 1. The van der Waals surface area contributed by atoms with Crippen LogP contribution in [0.4, 0.5) is 0 Å². The molecule has 0 heterocycles. The molecule has 1 aromatic carbocycles. The van der Waals surface area contributed by atoms with Crippen LogP contribution in [0.1, 0.15) is 25.8 Å². The van der Waals surface area contributed by atoms with Crippen LogP contribution in [0.3, 0.4) is 0 Å². The zero-order valence-electron chi connectivity index (χ0n) is 13.9. The van der Waals surface area contributed by atoms with Gasteiger partial charge < -0.3 is 16.4 Å². The molecule has 3 atom stereocenters. The van der Waals surface area contributed by atoms with Crippen LogP contribution >= 0.6 is 24.2 Å². The molecule has 0 saturated carbocycles. The van der Waals surface area contributed by atoms with E-state index >= 15 is 0 Å². The van der Waals surface area contributed by atoms with E-state index in [4.69, 9.17) is 17.3 Å². The number of hydrogen-bond acceptors (Lipinski definition) is 4. The summed E-state index contributed by atoms with van der Waals surface area (Å²) in [4.78, 5) is 12.4. The lowest BCUT2D eigenvalue weighted by atomic mass is 9.98. The zero-order chi connectivity index (χ0) is 17.2. The van der Waals surface area contributed by atoms with Gasteiger partial charge in [0.15, 0.2) is 0 Å². The number of nitrogens with two attached hydrogens (primary N) is 1. The van der Waals surface area contributed by atoms with Gasteiger partial charge in [-0.05, 0) is 30.0 Å². The summed E-state index contributed by atoms with van der Waals surface area (Å²) in [6.07, 6.45) is 1.69. The largest absolute Gasteiger partial charge is 0.354 e. The van der Waals surface area contributed by atoms with Crippen molar-refractivity contribution in [2.45, 2.75) is 38.8 Å². The minimum atomic E-state index is -0.231. The van der Waals surface area contributed by atoms with Gasteiger partial charge in [0.25, 0.3) is 0 Å². The lowest BCUT2D eigenvalue weighted by molar-refractivity contribution is -0.124. The summed E-state index contributed by atoms with van der Waals surface area (Å²) < 4.78 is 0. The molecule has 0 bridgehead atoms. The molecule has 0 spiro atoms. The summed E-state index contributed by atoms with van der Waals surface area (Å²) in [6, 6.07) is 7.41. The summed E-state index contributed by atoms with van der Waals surface area (Å²) in [5, 5.41) is 6.99. The fraction of sp³-hybridized carbons (Fsp3) is 0.588. The van der Waals surface area contributed by atoms with Crippen molar-refractivity contribution < 1.29 is 4.79 Å². The minimum absolute atomic E-state index is 0.0211. The molecule has 0 aromatic heterocycles. The topological polar surface area (TPSA) is 67.1 Å². The molecule has 1 amide bonds. The number of benzene rings is 1. The summed E-state index contributed by atoms with van der Waals surface area (Å²) in [6.45, 7) is 5.32. The van der Waals surface area contributed by atoms with Gasteiger partial charge in [-0.25, -0.2) is 0 Å². The number of nitrogens with one attached hydrogen (secondary N) is 2. The third kappa shape index (κ3) is 7.57. The highest BCUT2D eigenvalue weighted by molar-refractivity contribution is 7.80. The van der Waals surface area contributed by atoms with Crippen LogP contribution in [0.15, 0.2) is 24.3 Å². The Bertz CT molecular complexity index is 487. The van der Waals surface area contributed by atoms with Gasteiger partial charge in [-0.15, -0.1) is 0 Å². The molecular formula is C17H28ClN3OS. The molecule has 6 heteroatoms. The molecule has 4 N–H and O–H groups in total. The van der Waals surface area contributed by atoms with Gasteiger partial charge >= 0.3 is 0 Å². The highest BCUT2D eigenvalue weighted by Crippen LogP contribution is 2.11. The first-order chi connectivity index (χ1) is 11.0. The van der Waals surface area contributed by atoms with Crippen molar-refractivity contribution in [3.8, 4) is 0 Å². The summed E-state index contributed by atoms with van der Waals surface area (Å²) in [5.41, 5.74) is 6.98. The maximum Gasteiger partial charge on any atom is 0.237 e. The fourth-order valence-corrected chi connectivity index (χ4v) is 2.61. The first-order valence-electron chi connectivity index (χ1n) is 8.09. The zero-order valence-corrected chi connectivity index (χ0v) is 15.5. The Morgan fingerprint density at radius 3 is 2.78 bits per heavy atom. The first kappa shape index (κ1) is 20.3. The molecule has 0 aliphatic heterocycles. The van der Waals surface area contributed by atoms with Crippen molar-refractivity contribution in [2.75, 3.05) is 18.8 Å². The number of rotatable bonds is 10. The SMILES string of the molecule is CC[C@H](C)[C@H](NC[C@@H](N)CS)C(=O)NCCc1cccc(Cl)c1. The summed E-state index contributed by atoms with van der Waals surface area (Å²) in [7, 11) is 0. The predicted octanol–water partition coefficient (Wildman–Crippen LogP) is 2.26. The number of amides is 1. The Balaban J connectivity index is 2.49. The quantitative estimate of drug-likeness (QED) is 0.485. The van der Waals surface area contributed by atoms with Gasteiger partial charge in [0.2, 0.25) is 5.91 Å². The molecule has 0 unspecified atom stereocenters. The molecule has 4 nitrogen and oxygen atoms in total. The average molecular weight is 358 g/mol. The maximum absolute atomic E-state index is 12.4. The van der Waals surface area contributed by atoms with Crippen molar-refractivity contribution in [2.24, 2.45) is 11.7 Å². The smallest absolute Gasteiger partial charge is 0.237 e. The van der Waals surface area contributed by atoms with Gasteiger partial charge in [0.05, 0.1) is 6.04 Å². The van der Waals surface area contributed by atoms with E-state index in [1.54, 1.807) is 0 Å². The van der Waals surface area contributed by atoms with Crippen LogP contribution < -0.4 is 16.4 Å². The molecule has 0 fully saturated rings. The van der Waals surface area contributed by atoms with Crippen molar-refractivity contribution in [3.63, 3.8) is 0 Å². The molecular weight excluding hydrogens is 330 g/mol. The Hall–Kier alpha value is -0.750. The molecule has 1 rings (SSSR count). The van der Waals surface area contributed by atoms with Gasteiger partial charge in [-0.2, -0.15) is 12.6 Å². The molecule has 0 saturated heterocycles. The summed E-state index contributed by atoms with van der Waals surface area (Å²) >= 11 is 10.1. The van der Waals surface area contributed by atoms with Crippen LogP contribution in [-0.2, 0) is 11.2 Å². The number of hydrogen-bond donors (Lipinski definition) is 4. The highest BCUT2D eigenvalue weighted by Gasteiger charge is 2.23. The second kappa shape index (κ2) is 10.9. The van der Waals surface area contributed by atoms with Crippen molar-refractivity contribution in [1.82, 2.24) is 10.6 Å². The van der Waals surface area contributed by atoms with E-state index in [2.05, 4.69) is 37.1 Å². The molecule has 23 heavy (non-hydrogen) atoms. The number of carbonyl (C=O) groups excluding carboxylic acids is 1. The van der Waals surface area contributed by atoms with Crippen LogP contribution in [0, 0.1) is 5.92 Å². The van der Waals surface area contributed by atoms with Crippen LogP contribution in [-0.4, -0.2) is 36.8 Å². The van der Waals surface area contributed by atoms with E-state index < -0.39 is 0 Å². The number of carbonyl (C=O) groups is 1. The van der Waals surface area contributed by atoms with E-state index in [0.29, 0.717) is 23.9 Å². The third-order valence-electron chi connectivity index (χ3n) is 3.93. The van der Waals surface area contributed by atoms with E-state index in [0.717, 1.165) is 18.4 Å². The molecule has 0 aliphatic carbocycles. The van der Waals surface area contributed by atoms with E-state index in [-0.39, 0.29) is 23.9 Å². The van der Waals surface area contributed by atoms with Crippen LogP contribution in [0.5, 0.6) is 0 Å². The molecule has 1 aromatic rings. The first-order valence-corrected chi connectivity index (χ1v) is 9.11. The Labute approximate surface area is 150 Å². The minimum Gasteiger partial charge on any atom is -0.354 e. The maximum atomic E-state index is 12.4. The lowest BCUT2D eigenvalue weighted by Gasteiger charge is -2.25. The van der Waals surface area contributed by atoms with Gasteiger partial charge in [-0.3, -0.25) is 4.79 Å². The standard InChI is InChI=1S/C17H28ClN3OS/c1-3-12(2)16(21-10-15(19)11-23)17(22)20-8-7-13-5-4-6-14(18)9-13/h4-6,9,12,15-16,21,23H,3,7-8,10-11,19H2,1-2H3,(H,20,22)/t12-,15+,16-/m0/s1. The van der Waals surface area contributed by atoms with Crippen LogP contribution in [0.25, 0.3) is 0 Å². The number of halogens is 1. The normalized spacial score (nSPS) is 15.0. The molecule has 130 valence electrons. The third-order valence-corrected chi connectivity index (χ3v) is 4.64. The van der Waals surface area contributed by atoms with E-state index in [9.17, 15) is 4.79 Å². The Kier molecular flexibility index (Phi) is 9.63. The van der Waals surface area contributed by atoms with Gasteiger partial charge in [0.1, 0.15) is 0 Å². The van der Waals surface area contributed by atoms with Gasteiger partial charge in [0, 0.05) is 29.9 Å². The van der Waals surface area contributed by atoms with Crippen LogP contribution in [0.2, 0.25) is 5.02 Å². The molecule has 0 aliphatic rings. The second-order valence-electron chi connectivity index (χ2n) is 5.89. The van der Waals surface area contributed by atoms with Gasteiger partial charge in [-0.1, -0.05) is 44.0 Å². The van der Waals surface area contributed by atoms with Crippen molar-refractivity contribution in [1.29, 1.82) is 0 Å². The fourth-order valence-electron chi connectivity index (χ4n) is 2.26. The predicted molar refractivity (Wildman–Crippen MR) is 101 cm³/mol. The second-order valence-corrected chi connectivity index (χ2v) is 6.69. The van der Waals surface area contributed by atoms with Crippen molar-refractivity contribution in [3.05, 3.63) is 34.9 Å². The lowest BCUT2D eigenvalue weighted by Crippen LogP contribution is -2.51. The van der Waals surface area contributed by atoms with E-state index in [1.807, 2.05) is 24.3 Å². The highest BCUT2D eigenvalue weighted by atomic mass is 35.5. The van der Waals surface area contributed by atoms with E-state index in [1.165, 1.54) is 0 Å². The monoisotopic (exact) mass is 357 g/mol. The average Bonchev–Trinajstić information content (AvgIpc) is 2.54. The van der Waals surface area contributed by atoms with Crippen molar-refractivity contribution >= 4 is 30.1 Å². The Morgan fingerprint density at radius 1 is 1.43 bits per heavy atom.